The molecule has 0 spiro atoms. The highest BCUT2D eigenvalue weighted by molar-refractivity contribution is 5.78. The van der Waals surface area contributed by atoms with Crippen LogP contribution < -0.4 is 5.56 Å². The molecule has 0 saturated carbocycles. The molecule has 31 heavy (non-hydrogen) atoms. The Balaban J connectivity index is 1.34. The van der Waals surface area contributed by atoms with Gasteiger partial charge in [0.15, 0.2) is 0 Å². The van der Waals surface area contributed by atoms with E-state index in [4.69, 9.17) is 0 Å². The van der Waals surface area contributed by atoms with Crippen LogP contribution in [0.3, 0.4) is 0 Å². The summed E-state index contributed by atoms with van der Waals surface area (Å²) < 4.78 is 1.95. The number of amides is 1. The van der Waals surface area contributed by atoms with E-state index in [1.165, 1.54) is 5.56 Å². The number of piperazine rings is 1. The quantitative estimate of drug-likeness (QED) is 0.680. The molecule has 0 unspecified atom stereocenters. The number of carbonyl (C=O) groups is 1. The molecule has 1 aliphatic rings. The fourth-order valence-corrected chi connectivity index (χ4v) is 4.16. The van der Waals surface area contributed by atoms with E-state index in [9.17, 15) is 9.59 Å². The number of H-pyrrole nitrogens is 1. The first-order valence-electron chi connectivity index (χ1n) is 10.8. The number of aromatic nitrogens is 4. The van der Waals surface area contributed by atoms with Crippen molar-refractivity contribution in [1.82, 2.24) is 29.5 Å². The minimum Gasteiger partial charge on any atom is -0.340 e. The van der Waals surface area contributed by atoms with Crippen LogP contribution in [0.25, 0.3) is 10.9 Å². The van der Waals surface area contributed by atoms with Gasteiger partial charge in [0, 0.05) is 31.9 Å². The molecule has 8 nitrogen and oxygen atoms in total. The normalized spacial score (nSPS) is 16.1. The Morgan fingerprint density at radius 1 is 1.13 bits per heavy atom. The van der Waals surface area contributed by atoms with Gasteiger partial charge in [-0.05, 0) is 38.5 Å². The van der Waals surface area contributed by atoms with Crippen molar-refractivity contribution in [3.8, 4) is 0 Å². The van der Waals surface area contributed by atoms with Crippen molar-refractivity contribution in [2.24, 2.45) is 5.92 Å². The number of nitrogens with one attached hydrogen (secondary N) is 1. The van der Waals surface area contributed by atoms with Gasteiger partial charge < -0.3 is 9.88 Å². The van der Waals surface area contributed by atoms with Crippen molar-refractivity contribution in [2.45, 2.75) is 40.8 Å². The molecule has 164 valence electrons. The number of hydrogen-bond donors (Lipinski definition) is 1. The Hall–Kier alpha value is -3.00. The second kappa shape index (κ2) is 8.63. The third-order valence-corrected chi connectivity index (χ3v) is 6.33. The van der Waals surface area contributed by atoms with E-state index < -0.39 is 0 Å². The van der Waals surface area contributed by atoms with Crippen molar-refractivity contribution < 1.29 is 4.79 Å². The molecule has 2 aromatic heterocycles. The van der Waals surface area contributed by atoms with E-state index in [-0.39, 0.29) is 17.4 Å². The number of hydrogen-bond acceptors (Lipinski definition) is 5. The van der Waals surface area contributed by atoms with E-state index in [1.807, 2.05) is 41.6 Å². The number of rotatable bonds is 5. The zero-order valence-electron chi connectivity index (χ0n) is 18.7. The molecule has 3 heterocycles. The van der Waals surface area contributed by atoms with E-state index in [2.05, 4.69) is 33.8 Å². The van der Waals surface area contributed by atoms with Crippen molar-refractivity contribution in [3.05, 3.63) is 57.4 Å². The van der Waals surface area contributed by atoms with Crippen molar-refractivity contribution >= 4 is 16.8 Å². The lowest BCUT2D eigenvalue weighted by Gasteiger charge is -2.35. The Labute approximate surface area is 181 Å². The number of aryl methyl sites for hydroxylation is 1. The van der Waals surface area contributed by atoms with Gasteiger partial charge in [0.25, 0.3) is 5.56 Å². The highest BCUT2D eigenvalue weighted by Crippen LogP contribution is 2.16. The van der Waals surface area contributed by atoms with Gasteiger partial charge in [-0.3, -0.25) is 19.2 Å². The molecule has 1 N–H and O–H groups in total. The van der Waals surface area contributed by atoms with Crippen molar-refractivity contribution in [1.29, 1.82) is 0 Å². The molecule has 0 aliphatic carbocycles. The van der Waals surface area contributed by atoms with Gasteiger partial charge in [-0.2, -0.15) is 5.10 Å². The van der Waals surface area contributed by atoms with Crippen LogP contribution in [0.5, 0.6) is 0 Å². The SMILES string of the molecule is Cc1nn(C[C@@H](C)C(=O)N2CCN(Cc3nc4ccccc4c(=O)[nH]3)CC2)c(C)c1C. The summed E-state index contributed by atoms with van der Waals surface area (Å²) in [5.74, 6) is 0.710. The summed E-state index contributed by atoms with van der Waals surface area (Å²) in [7, 11) is 0. The predicted octanol–water partition coefficient (Wildman–Crippen LogP) is 2.03. The topological polar surface area (TPSA) is 87.1 Å². The fraction of sp³-hybridized carbons (Fsp3) is 0.478. The van der Waals surface area contributed by atoms with E-state index in [0.717, 1.165) is 24.5 Å². The van der Waals surface area contributed by atoms with Crippen LogP contribution in [0, 0.1) is 26.7 Å². The minimum atomic E-state index is -0.123. The summed E-state index contributed by atoms with van der Waals surface area (Å²) in [4.78, 5) is 36.9. The lowest BCUT2D eigenvalue weighted by molar-refractivity contribution is -0.137. The molecular weight excluding hydrogens is 392 g/mol. The zero-order chi connectivity index (χ0) is 22.1. The maximum Gasteiger partial charge on any atom is 0.258 e. The number of carbonyl (C=O) groups excluding carboxylic acids is 1. The van der Waals surface area contributed by atoms with Gasteiger partial charge in [0.2, 0.25) is 5.91 Å². The summed E-state index contributed by atoms with van der Waals surface area (Å²) in [5.41, 5.74) is 3.93. The molecule has 8 heteroatoms. The Morgan fingerprint density at radius 2 is 1.84 bits per heavy atom. The summed E-state index contributed by atoms with van der Waals surface area (Å²) in [6.45, 7) is 12.1. The number of benzene rings is 1. The Morgan fingerprint density at radius 3 is 2.52 bits per heavy atom. The third-order valence-electron chi connectivity index (χ3n) is 6.33. The molecule has 4 rings (SSSR count). The van der Waals surface area contributed by atoms with Crippen LogP contribution in [0.2, 0.25) is 0 Å². The Kier molecular flexibility index (Phi) is 5.91. The fourth-order valence-electron chi connectivity index (χ4n) is 4.16. The third kappa shape index (κ3) is 4.39. The van der Waals surface area contributed by atoms with Crippen LogP contribution >= 0.6 is 0 Å². The second-order valence-corrected chi connectivity index (χ2v) is 8.51. The van der Waals surface area contributed by atoms with Gasteiger partial charge in [0.1, 0.15) is 5.82 Å². The minimum absolute atomic E-state index is 0.109. The molecule has 0 radical (unpaired) electrons. The first-order valence-corrected chi connectivity index (χ1v) is 10.8. The van der Waals surface area contributed by atoms with Crippen LogP contribution in [0.1, 0.15) is 29.7 Å². The maximum atomic E-state index is 13.0. The monoisotopic (exact) mass is 422 g/mol. The van der Waals surface area contributed by atoms with Gasteiger partial charge >= 0.3 is 0 Å². The van der Waals surface area contributed by atoms with Gasteiger partial charge in [-0.15, -0.1) is 0 Å². The van der Waals surface area contributed by atoms with Gasteiger partial charge in [-0.25, -0.2) is 4.98 Å². The highest BCUT2D eigenvalue weighted by atomic mass is 16.2. The van der Waals surface area contributed by atoms with Crippen molar-refractivity contribution in [3.63, 3.8) is 0 Å². The van der Waals surface area contributed by atoms with E-state index in [1.54, 1.807) is 6.07 Å². The summed E-state index contributed by atoms with van der Waals surface area (Å²) in [6, 6.07) is 7.36. The Bertz CT molecular complexity index is 1160. The van der Waals surface area contributed by atoms with Crippen molar-refractivity contribution in [2.75, 3.05) is 26.2 Å². The molecule has 1 amide bonds. The molecule has 1 saturated heterocycles. The summed E-state index contributed by atoms with van der Waals surface area (Å²) >= 11 is 0. The number of para-hydroxylation sites is 1. The first-order chi connectivity index (χ1) is 14.8. The van der Waals surface area contributed by atoms with Crippen LogP contribution in [0.15, 0.2) is 29.1 Å². The lowest BCUT2D eigenvalue weighted by atomic mass is 10.1. The largest absolute Gasteiger partial charge is 0.340 e. The standard InChI is InChI=1S/C23H30N6O2/c1-15(13-29-18(4)16(2)17(3)26-29)23(31)28-11-9-27(10-12-28)14-21-24-20-8-6-5-7-19(20)22(30)25-21/h5-8,15H,9-14H2,1-4H3,(H,24,25,30)/t15-/m1/s1. The highest BCUT2D eigenvalue weighted by Gasteiger charge is 2.26. The zero-order valence-corrected chi connectivity index (χ0v) is 18.7. The molecule has 0 bridgehead atoms. The number of nitrogens with zero attached hydrogens (tertiary/aromatic N) is 5. The average Bonchev–Trinajstić information content (AvgIpc) is 3.00. The van der Waals surface area contributed by atoms with Gasteiger partial charge in [-0.1, -0.05) is 19.1 Å². The predicted molar refractivity (Wildman–Crippen MR) is 120 cm³/mol. The smallest absolute Gasteiger partial charge is 0.258 e. The number of fused-ring (bicyclic) bond motifs is 1. The number of aromatic amines is 1. The van der Waals surface area contributed by atoms with Crippen LogP contribution in [0.4, 0.5) is 0 Å². The maximum absolute atomic E-state index is 13.0. The molecule has 1 aromatic carbocycles. The summed E-state index contributed by atoms with van der Waals surface area (Å²) in [6.07, 6.45) is 0. The van der Waals surface area contributed by atoms with Crippen LogP contribution in [-0.4, -0.2) is 61.6 Å². The first kappa shape index (κ1) is 21.2. The van der Waals surface area contributed by atoms with Gasteiger partial charge in [0.05, 0.1) is 35.6 Å². The van der Waals surface area contributed by atoms with E-state index >= 15 is 0 Å². The molecule has 1 aliphatic heterocycles. The lowest BCUT2D eigenvalue weighted by Crippen LogP contribution is -2.50. The molecule has 1 atom stereocenters. The molecular formula is C23H30N6O2. The average molecular weight is 423 g/mol. The second-order valence-electron chi connectivity index (χ2n) is 8.51. The van der Waals surface area contributed by atoms with Crippen LogP contribution in [-0.2, 0) is 17.9 Å². The molecule has 1 fully saturated rings. The molecule has 3 aromatic rings. The van der Waals surface area contributed by atoms with E-state index in [0.29, 0.717) is 42.9 Å². The summed E-state index contributed by atoms with van der Waals surface area (Å²) in [5, 5.41) is 5.17.